The van der Waals surface area contributed by atoms with Crippen LogP contribution in [0.15, 0.2) is 0 Å². The van der Waals surface area contributed by atoms with Crippen molar-refractivity contribution in [1.82, 2.24) is 5.32 Å². The van der Waals surface area contributed by atoms with E-state index in [1.165, 1.54) is 64.2 Å². The molecule has 0 saturated carbocycles. The molecule has 244 valence electrons. The van der Waals surface area contributed by atoms with Gasteiger partial charge in [0.15, 0.2) is 6.29 Å². The average Bonchev–Trinajstić information content (AvgIpc) is 2.97. The molecule has 9 heteroatoms. The van der Waals surface area contributed by atoms with Crippen LogP contribution < -0.4 is 5.32 Å². The van der Waals surface area contributed by atoms with Crippen LogP contribution in [0.1, 0.15) is 142 Å². The molecular formula is C32H63NO8. The molecule has 1 rings (SSSR count). The van der Waals surface area contributed by atoms with Gasteiger partial charge < -0.3 is 40.3 Å². The van der Waals surface area contributed by atoms with E-state index >= 15 is 0 Å². The SMILES string of the molecule is CCCCCCCCCCCCCCCC(O)C(CO[C@H]1O[C@H](CO)[C@H](O)[C@H](O)[C@H]1O)NC(=O)CCCCCCC. The summed E-state index contributed by atoms with van der Waals surface area (Å²) in [6.45, 7) is 3.70. The van der Waals surface area contributed by atoms with Gasteiger partial charge in [-0.15, -0.1) is 0 Å². The van der Waals surface area contributed by atoms with Crippen LogP contribution in [0, 0.1) is 0 Å². The molecular weight excluding hydrogens is 526 g/mol. The van der Waals surface area contributed by atoms with Crippen LogP contribution in [0.25, 0.3) is 0 Å². The molecule has 1 heterocycles. The highest BCUT2D eigenvalue weighted by Crippen LogP contribution is 2.23. The predicted molar refractivity (Wildman–Crippen MR) is 161 cm³/mol. The van der Waals surface area contributed by atoms with Gasteiger partial charge in [-0.1, -0.05) is 123 Å². The van der Waals surface area contributed by atoms with Crippen molar-refractivity contribution < 1.29 is 39.8 Å². The van der Waals surface area contributed by atoms with Crippen LogP contribution in [-0.4, -0.2) is 87.5 Å². The van der Waals surface area contributed by atoms with Crippen LogP contribution in [-0.2, 0) is 14.3 Å². The fourth-order valence-corrected chi connectivity index (χ4v) is 5.39. The Labute approximate surface area is 249 Å². The number of hydrogen-bond donors (Lipinski definition) is 6. The molecule has 1 aliphatic heterocycles. The molecule has 1 fully saturated rings. The number of hydrogen-bond acceptors (Lipinski definition) is 8. The topological polar surface area (TPSA) is 149 Å². The normalized spacial score (nSPS) is 24.3. The Morgan fingerprint density at radius 1 is 0.732 bits per heavy atom. The van der Waals surface area contributed by atoms with Crippen LogP contribution in [0.5, 0.6) is 0 Å². The quantitative estimate of drug-likeness (QED) is 0.0809. The zero-order chi connectivity index (χ0) is 30.3. The Morgan fingerprint density at radius 3 is 1.73 bits per heavy atom. The van der Waals surface area contributed by atoms with Crippen LogP contribution in [0.4, 0.5) is 0 Å². The molecule has 1 aliphatic rings. The Bertz CT molecular complexity index is 623. The fraction of sp³-hybridized carbons (Fsp3) is 0.969. The molecule has 0 spiro atoms. The highest BCUT2D eigenvalue weighted by atomic mass is 16.7. The van der Waals surface area contributed by atoms with E-state index < -0.39 is 49.5 Å². The summed E-state index contributed by atoms with van der Waals surface area (Å²) in [7, 11) is 0. The van der Waals surface area contributed by atoms with Crippen LogP contribution in [0.3, 0.4) is 0 Å². The van der Waals surface area contributed by atoms with Crippen molar-refractivity contribution in [2.24, 2.45) is 0 Å². The number of nitrogens with one attached hydrogen (secondary N) is 1. The van der Waals surface area contributed by atoms with Crippen molar-refractivity contribution >= 4 is 5.91 Å². The molecule has 0 aromatic rings. The lowest BCUT2D eigenvalue weighted by Gasteiger charge is -2.40. The standard InChI is InChI=1S/C32H63NO8/c1-3-5-7-9-10-11-12-13-14-15-16-18-19-21-26(35)25(33-28(36)22-20-17-8-6-4-2)24-40-32-31(39)30(38)29(37)27(23-34)41-32/h25-27,29-32,34-35,37-39H,3-24H2,1-2H3,(H,33,36)/t25?,26?,27-,29+,30+,31-,32+/m1/s1. The Balaban J connectivity index is 2.43. The highest BCUT2D eigenvalue weighted by molar-refractivity contribution is 5.76. The lowest BCUT2D eigenvalue weighted by molar-refractivity contribution is -0.302. The molecule has 0 bridgehead atoms. The van der Waals surface area contributed by atoms with Gasteiger partial charge in [0.1, 0.15) is 24.4 Å². The maximum Gasteiger partial charge on any atom is 0.220 e. The second kappa shape index (κ2) is 24.6. The summed E-state index contributed by atoms with van der Waals surface area (Å²) < 4.78 is 11.1. The minimum Gasteiger partial charge on any atom is -0.394 e. The number of unbranched alkanes of at least 4 members (excludes halogenated alkanes) is 16. The first-order valence-electron chi connectivity index (χ1n) is 16.7. The summed E-state index contributed by atoms with van der Waals surface area (Å²) in [5.74, 6) is -0.159. The van der Waals surface area contributed by atoms with Gasteiger partial charge in [-0.25, -0.2) is 0 Å². The smallest absolute Gasteiger partial charge is 0.220 e. The van der Waals surface area contributed by atoms with E-state index in [9.17, 15) is 30.3 Å². The summed E-state index contributed by atoms with van der Waals surface area (Å²) in [6, 6.07) is -0.706. The van der Waals surface area contributed by atoms with Gasteiger partial charge >= 0.3 is 0 Å². The average molecular weight is 590 g/mol. The minimum absolute atomic E-state index is 0.135. The third-order valence-corrected chi connectivity index (χ3v) is 8.21. The summed E-state index contributed by atoms with van der Waals surface area (Å²) >= 11 is 0. The maximum absolute atomic E-state index is 12.6. The summed E-state index contributed by atoms with van der Waals surface area (Å²) in [4.78, 5) is 12.6. The number of rotatable bonds is 26. The second-order valence-electron chi connectivity index (χ2n) is 12.0. The van der Waals surface area contributed by atoms with Crippen molar-refractivity contribution in [2.75, 3.05) is 13.2 Å². The van der Waals surface area contributed by atoms with Gasteiger partial charge in [-0.05, 0) is 12.8 Å². The van der Waals surface area contributed by atoms with Crippen molar-refractivity contribution in [3.8, 4) is 0 Å². The van der Waals surface area contributed by atoms with Gasteiger partial charge in [0.2, 0.25) is 5.91 Å². The molecule has 1 amide bonds. The van der Waals surface area contributed by atoms with Gasteiger partial charge in [0, 0.05) is 6.42 Å². The van der Waals surface area contributed by atoms with E-state index in [1.807, 2.05) is 0 Å². The van der Waals surface area contributed by atoms with Gasteiger partial charge in [-0.2, -0.15) is 0 Å². The van der Waals surface area contributed by atoms with Crippen molar-refractivity contribution in [3.05, 3.63) is 0 Å². The molecule has 7 atom stereocenters. The molecule has 6 N–H and O–H groups in total. The first-order chi connectivity index (χ1) is 19.8. The van der Waals surface area contributed by atoms with Crippen molar-refractivity contribution in [3.63, 3.8) is 0 Å². The summed E-state index contributed by atoms with van der Waals surface area (Å²) in [5.41, 5.74) is 0. The molecule has 1 saturated heterocycles. The minimum atomic E-state index is -1.54. The largest absolute Gasteiger partial charge is 0.394 e. The number of amides is 1. The van der Waals surface area contributed by atoms with E-state index in [0.717, 1.165) is 51.4 Å². The van der Waals surface area contributed by atoms with Gasteiger partial charge in [-0.3, -0.25) is 4.79 Å². The number of carbonyl (C=O) groups excluding carboxylic acids is 1. The number of aliphatic hydroxyl groups excluding tert-OH is 5. The monoisotopic (exact) mass is 589 g/mol. The first-order valence-corrected chi connectivity index (χ1v) is 16.7. The molecule has 0 aromatic heterocycles. The highest BCUT2D eigenvalue weighted by Gasteiger charge is 2.44. The third-order valence-electron chi connectivity index (χ3n) is 8.21. The molecule has 0 aromatic carbocycles. The maximum atomic E-state index is 12.6. The van der Waals surface area contributed by atoms with Gasteiger partial charge in [0.05, 0.1) is 25.4 Å². The molecule has 9 nitrogen and oxygen atoms in total. The number of carbonyl (C=O) groups is 1. The summed E-state index contributed by atoms with van der Waals surface area (Å²) in [5, 5.41) is 53.6. The second-order valence-corrected chi connectivity index (χ2v) is 12.0. The molecule has 0 aliphatic carbocycles. The van der Waals surface area contributed by atoms with Crippen LogP contribution in [0.2, 0.25) is 0 Å². The Hall–Kier alpha value is -0.810. The lowest BCUT2D eigenvalue weighted by Crippen LogP contribution is -2.60. The number of aliphatic hydroxyl groups is 5. The Morgan fingerprint density at radius 2 is 1.22 bits per heavy atom. The van der Waals surface area contributed by atoms with Gasteiger partial charge in [0.25, 0.3) is 0 Å². The number of ether oxygens (including phenoxy) is 2. The zero-order valence-electron chi connectivity index (χ0n) is 26.1. The van der Waals surface area contributed by atoms with E-state index in [0.29, 0.717) is 12.8 Å². The van der Waals surface area contributed by atoms with Crippen LogP contribution >= 0.6 is 0 Å². The van der Waals surface area contributed by atoms with E-state index in [2.05, 4.69) is 19.2 Å². The first kappa shape index (κ1) is 38.2. The summed E-state index contributed by atoms with van der Waals surface area (Å²) in [6.07, 6.45) is 14.4. The third kappa shape index (κ3) is 17.2. The molecule has 2 unspecified atom stereocenters. The molecule has 0 radical (unpaired) electrons. The van der Waals surface area contributed by atoms with Crippen molar-refractivity contribution in [2.45, 2.75) is 185 Å². The zero-order valence-corrected chi connectivity index (χ0v) is 26.1. The predicted octanol–water partition coefficient (Wildman–Crippen LogP) is 4.49. The fourth-order valence-electron chi connectivity index (χ4n) is 5.39. The Kier molecular flexibility index (Phi) is 22.9. The van der Waals surface area contributed by atoms with E-state index in [4.69, 9.17) is 9.47 Å². The lowest BCUT2D eigenvalue weighted by atomic mass is 9.99. The van der Waals surface area contributed by atoms with E-state index in [1.54, 1.807) is 0 Å². The van der Waals surface area contributed by atoms with Crippen molar-refractivity contribution in [1.29, 1.82) is 0 Å². The van der Waals surface area contributed by atoms with E-state index in [-0.39, 0.29) is 12.5 Å². The molecule has 41 heavy (non-hydrogen) atoms.